The molecule has 7 heteroatoms. The van der Waals surface area contributed by atoms with Crippen molar-refractivity contribution >= 4 is 50.7 Å². The molecule has 0 bridgehead atoms. The number of aromatic nitrogens is 1. The SMILES string of the molecule is O=C1CC(C(=O)N2CCCC2c2nc3ccccc3s2)CN1c1ccccc1Cl. The van der Waals surface area contributed by atoms with Gasteiger partial charge in [-0.15, -0.1) is 11.3 Å². The third kappa shape index (κ3) is 3.30. The van der Waals surface area contributed by atoms with Crippen LogP contribution in [0.3, 0.4) is 0 Å². The molecule has 3 aromatic rings. The van der Waals surface area contributed by atoms with E-state index in [9.17, 15) is 9.59 Å². The van der Waals surface area contributed by atoms with Crippen LogP contribution in [-0.4, -0.2) is 34.8 Å². The van der Waals surface area contributed by atoms with Gasteiger partial charge in [0.15, 0.2) is 0 Å². The summed E-state index contributed by atoms with van der Waals surface area (Å²) in [4.78, 5) is 34.3. The molecule has 2 amide bonds. The highest BCUT2D eigenvalue weighted by Crippen LogP contribution is 2.39. The van der Waals surface area contributed by atoms with Crippen molar-refractivity contribution in [3.63, 3.8) is 0 Å². The number of carbonyl (C=O) groups is 2. The highest BCUT2D eigenvalue weighted by molar-refractivity contribution is 7.18. The summed E-state index contributed by atoms with van der Waals surface area (Å²) in [5, 5.41) is 1.52. The average Bonchev–Trinajstić information content (AvgIpc) is 3.45. The van der Waals surface area contributed by atoms with Crippen LogP contribution in [0.25, 0.3) is 10.2 Å². The van der Waals surface area contributed by atoms with Crippen molar-refractivity contribution in [2.24, 2.45) is 5.92 Å². The standard InChI is InChI=1S/C22H20ClN3O2S/c23-15-6-1-3-8-17(15)26-13-14(12-20(26)27)22(28)25-11-5-9-18(25)21-24-16-7-2-4-10-19(16)29-21/h1-4,6-8,10,14,18H,5,9,11-13H2. The lowest BCUT2D eigenvalue weighted by molar-refractivity contribution is -0.136. The van der Waals surface area contributed by atoms with Gasteiger partial charge >= 0.3 is 0 Å². The third-order valence-electron chi connectivity index (χ3n) is 5.75. The molecule has 2 aliphatic rings. The van der Waals surface area contributed by atoms with Gasteiger partial charge in [0.05, 0.1) is 32.9 Å². The molecule has 1 aromatic heterocycles. The number of halogens is 1. The predicted octanol–water partition coefficient (Wildman–Crippen LogP) is 4.67. The molecular weight excluding hydrogens is 406 g/mol. The quantitative estimate of drug-likeness (QED) is 0.612. The number of benzene rings is 2. The molecule has 5 nitrogen and oxygen atoms in total. The Hall–Kier alpha value is -2.44. The summed E-state index contributed by atoms with van der Waals surface area (Å²) in [5.74, 6) is -0.337. The van der Waals surface area contributed by atoms with E-state index in [1.807, 2.05) is 41.3 Å². The summed E-state index contributed by atoms with van der Waals surface area (Å²) in [6.07, 6.45) is 2.11. The fraction of sp³-hybridized carbons (Fsp3) is 0.318. The van der Waals surface area contributed by atoms with Crippen LogP contribution in [0, 0.1) is 5.92 Å². The lowest BCUT2D eigenvalue weighted by Crippen LogP contribution is -2.37. The van der Waals surface area contributed by atoms with Crippen LogP contribution in [0.5, 0.6) is 0 Å². The number of para-hydroxylation sites is 2. The Morgan fingerprint density at radius 1 is 1.14 bits per heavy atom. The van der Waals surface area contributed by atoms with E-state index in [1.165, 1.54) is 0 Å². The number of hydrogen-bond donors (Lipinski definition) is 0. The van der Waals surface area contributed by atoms with E-state index in [4.69, 9.17) is 16.6 Å². The van der Waals surface area contributed by atoms with Gasteiger partial charge in [-0.3, -0.25) is 9.59 Å². The topological polar surface area (TPSA) is 53.5 Å². The number of anilines is 1. The van der Waals surface area contributed by atoms with Gasteiger partial charge in [0.2, 0.25) is 11.8 Å². The molecule has 0 saturated carbocycles. The van der Waals surface area contributed by atoms with Crippen LogP contribution in [0.2, 0.25) is 5.02 Å². The van der Waals surface area contributed by atoms with Crippen LogP contribution >= 0.6 is 22.9 Å². The summed E-state index contributed by atoms with van der Waals surface area (Å²) in [6.45, 7) is 1.10. The van der Waals surface area contributed by atoms with Crippen molar-refractivity contribution in [2.75, 3.05) is 18.0 Å². The Balaban J connectivity index is 1.37. The van der Waals surface area contributed by atoms with Crippen molar-refractivity contribution in [3.05, 3.63) is 58.6 Å². The van der Waals surface area contributed by atoms with E-state index < -0.39 is 0 Å². The first-order valence-electron chi connectivity index (χ1n) is 9.82. The Morgan fingerprint density at radius 2 is 1.93 bits per heavy atom. The minimum Gasteiger partial charge on any atom is -0.333 e. The average molecular weight is 426 g/mol. The van der Waals surface area contributed by atoms with Crippen molar-refractivity contribution in [1.82, 2.24) is 9.88 Å². The van der Waals surface area contributed by atoms with Gasteiger partial charge in [0.1, 0.15) is 5.01 Å². The molecule has 3 heterocycles. The molecule has 2 unspecified atom stereocenters. The fourth-order valence-corrected chi connectivity index (χ4v) is 5.68. The number of hydrogen-bond acceptors (Lipinski definition) is 4. The third-order valence-corrected chi connectivity index (χ3v) is 7.21. The lowest BCUT2D eigenvalue weighted by atomic mass is 10.1. The summed E-state index contributed by atoms with van der Waals surface area (Å²) < 4.78 is 1.14. The molecule has 2 saturated heterocycles. The zero-order valence-electron chi connectivity index (χ0n) is 15.8. The van der Waals surface area contributed by atoms with E-state index in [0.29, 0.717) is 17.3 Å². The zero-order chi connectivity index (χ0) is 20.0. The van der Waals surface area contributed by atoms with E-state index in [-0.39, 0.29) is 30.2 Å². The second-order valence-corrected chi connectivity index (χ2v) is 9.04. The Morgan fingerprint density at radius 3 is 2.76 bits per heavy atom. The van der Waals surface area contributed by atoms with Crippen molar-refractivity contribution < 1.29 is 9.59 Å². The molecular formula is C22H20ClN3O2S. The maximum absolute atomic E-state index is 13.3. The van der Waals surface area contributed by atoms with Crippen LogP contribution in [0.15, 0.2) is 48.5 Å². The molecule has 0 radical (unpaired) electrons. The first-order valence-corrected chi connectivity index (χ1v) is 11.0. The maximum Gasteiger partial charge on any atom is 0.228 e. The highest BCUT2D eigenvalue weighted by Gasteiger charge is 2.41. The van der Waals surface area contributed by atoms with Crippen molar-refractivity contribution in [2.45, 2.75) is 25.3 Å². The molecule has 148 valence electrons. The molecule has 2 aromatic carbocycles. The Kier molecular flexibility index (Phi) is 4.76. The van der Waals surface area contributed by atoms with Gasteiger partial charge in [0, 0.05) is 19.5 Å². The second-order valence-electron chi connectivity index (χ2n) is 7.57. The van der Waals surface area contributed by atoms with E-state index in [0.717, 1.165) is 34.6 Å². The molecule has 0 spiro atoms. The second kappa shape index (κ2) is 7.43. The van der Waals surface area contributed by atoms with Gasteiger partial charge < -0.3 is 9.80 Å². The molecule has 0 aliphatic carbocycles. The van der Waals surface area contributed by atoms with Crippen LogP contribution < -0.4 is 4.90 Å². The maximum atomic E-state index is 13.3. The number of thiazole rings is 1. The normalized spacial score (nSPS) is 22.0. The minimum atomic E-state index is -0.339. The van der Waals surface area contributed by atoms with E-state index >= 15 is 0 Å². The number of fused-ring (bicyclic) bond motifs is 1. The number of rotatable bonds is 3. The molecule has 2 atom stereocenters. The number of amides is 2. The van der Waals surface area contributed by atoms with E-state index in [2.05, 4.69) is 6.07 Å². The van der Waals surface area contributed by atoms with Crippen molar-refractivity contribution in [3.8, 4) is 0 Å². The summed E-state index contributed by atoms with van der Waals surface area (Å²) in [5.41, 5.74) is 1.66. The smallest absolute Gasteiger partial charge is 0.228 e. The molecule has 2 aliphatic heterocycles. The highest BCUT2D eigenvalue weighted by atomic mass is 35.5. The molecule has 5 rings (SSSR count). The lowest BCUT2D eigenvalue weighted by Gasteiger charge is -2.26. The van der Waals surface area contributed by atoms with Gasteiger partial charge in [0.25, 0.3) is 0 Å². The Labute approximate surface area is 177 Å². The predicted molar refractivity (Wildman–Crippen MR) is 115 cm³/mol. The van der Waals surface area contributed by atoms with Gasteiger partial charge in [-0.05, 0) is 37.1 Å². The largest absolute Gasteiger partial charge is 0.333 e. The fourth-order valence-electron chi connectivity index (χ4n) is 4.33. The van der Waals surface area contributed by atoms with Gasteiger partial charge in [-0.1, -0.05) is 35.9 Å². The first kappa shape index (κ1) is 18.6. The monoisotopic (exact) mass is 425 g/mol. The van der Waals surface area contributed by atoms with Gasteiger partial charge in [-0.25, -0.2) is 4.98 Å². The van der Waals surface area contributed by atoms with Gasteiger partial charge in [-0.2, -0.15) is 0 Å². The first-order chi connectivity index (χ1) is 14.1. The number of nitrogens with zero attached hydrogens (tertiary/aromatic N) is 3. The van der Waals surface area contributed by atoms with E-state index in [1.54, 1.807) is 22.3 Å². The molecule has 2 fully saturated rings. The molecule has 0 N–H and O–H groups in total. The minimum absolute atomic E-state index is 0.00404. The Bertz CT molecular complexity index is 1070. The number of likely N-dealkylation sites (tertiary alicyclic amines) is 1. The summed E-state index contributed by atoms with van der Waals surface area (Å²) in [7, 11) is 0. The van der Waals surface area contributed by atoms with Crippen LogP contribution in [-0.2, 0) is 9.59 Å². The number of carbonyl (C=O) groups excluding carboxylic acids is 2. The van der Waals surface area contributed by atoms with Crippen LogP contribution in [0.4, 0.5) is 5.69 Å². The molecule has 29 heavy (non-hydrogen) atoms. The summed E-state index contributed by atoms with van der Waals surface area (Å²) >= 11 is 7.93. The summed E-state index contributed by atoms with van der Waals surface area (Å²) in [6, 6.07) is 15.4. The van der Waals surface area contributed by atoms with Crippen molar-refractivity contribution in [1.29, 1.82) is 0 Å². The van der Waals surface area contributed by atoms with Crippen LogP contribution in [0.1, 0.15) is 30.3 Å². The zero-order valence-corrected chi connectivity index (χ0v) is 17.3.